The second-order valence-electron chi connectivity index (χ2n) is 5.27. The largest absolute Gasteiger partial charge is 0.314 e. The fourth-order valence-electron chi connectivity index (χ4n) is 2.31. The lowest BCUT2D eigenvalue weighted by Crippen LogP contribution is -2.32. The summed E-state index contributed by atoms with van der Waals surface area (Å²) in [6.07, 6.45) is 5.83. The van der Waals surface area contributed by atoms with E-state index in [-0.39, 0.29) is 5.82 Å². The number of nitrogens with one attached hydrogen (secondary N) is 1. The summed E-state index contributed by atoms with van der Waals surface area (Å²) in [6, 6.07) is 5.06. The Kier molecular flexibility index (Phi) is 5.02. The minimum atomic E-state index is -0.199. The lowest BCUT2D eigenvalue weighted by atomic mass is 10.0. The molecule has 1 aromatic rings. The predicted octanol–water partition coefficient (Wildman–Crippen LogP) is 4.19. The summed E-state index contributed by atoms with van der Waals surface area (Å²) in [5.41, 5.74) is 0.922. The third-order valence-corrected chi connectivity index (χ3v) is 3.84. The van der Waals surface area contributed by atoms with Crippen molar-refractivity contribution in [2.24, 2.45) is 5.92 Å². The zero-order valence-electron chi connectivity index (χ0n) is 10.9. The first-order valence-corrected chi connectivity index (χ1v) is 7.24. The van der Waals surface area contributed by atoms with Gasteiger partial charge in [-0.05, 0) is 55.5 Å². The Labute approximate surface area is 114 Å². The predicted molar refractivity (Wildman–Crippen MR) is 74.5 cm³/mol. The third kappa shape index (κ3) is 4.25. The normalized spacial score (nSPS) is 16.8. The fourth-order valence-corrected chi connectivity index (χ4v) is 2.50. The highest BCUT2D eigenvalue weighted by atomic mass is 35.5. The van der Waals surface area contributed by atoms with Crippen LogP contribution < -0.4 is 5.32 Å². The van der Waals surface area contributed by atoms with Crippen LogP contribution in [0.25, 0.3) is 0 Å². The molecular formula is C15H21ClFN. The summed E-state index contributed by atoms with van der Waals surface area (Å²) in [4.78, 5) is 0. The quantitative estimate of drug-likeness (QED) is 0.783. The topological polar surface area (TPSA) is 12.0 Å². The van der Waals surface area contributed by atoms with Crippen LogP contribution in [0.15, 0.2) is 18.2 Å². The summed E-state index contributed by atoms with van der Waals surface area (Å²) < 4.78 is 13.2. The Morgan fingerprint density at radius 1 is 1.44 bits per heavy atom. The molecule has 1 saturated carbocycles. The van der Waals surface area contributed by atoms with E-state index in [1.807, 2.05) is 0 Å². The van der Waals surface area contributed by atoms with E-state index < -0.39 is 0 Å². The summed E-state index contributed by atoms with van der Waals surface area (Å²) in [5, 5.41) is 4.23. The van der Waals surface area contributed by atoms with E-state index in [2.05, 4.69) is 12.2 Å². The van der Waals surface area contributed by atoms with Gasteiger partial charge in [0.25, 0.3) is 0 Å². The molecule has 1 aliphatic rings. The summed E-state index contributed by atoms with van der Waals surface area (Å²) in [6.45, 7) is 3.18. The molecule has 100 valence electrons. The van der Waals surface area contributed by atoms with Crippen LogP contribution in [0.2, 0.25) is 5.02 Å². The molecule has 0 aromatic heterocycles. The van der Waals surface area contributed by atoms with E-state index in [9.17, 15) is 4.39 Å². The molecule has 0 amide bonds. The maximum atomic E-state index is 13.2. The van der Waals surface area contributed by atoms with Gasteiger partial charge in [-0.3, -0.25) is 0 Å². The second kappa shape index (κ2) is 6.53. The molecule has 0 radical (unpaired) electrons. The van der Waals surface area contributed by atoms with Crippen LogP contribution >= 0.6 is 11.6 Å². The van der Waals surface area contributed by atoms with Crippen molar-refractivity contribution in [3.63, 3.8) is 0 Å². The SMILES string of the molecule is CCCNC(Cc1cc(F)ccc1Cl)CC1CC1. The molecule has 0 heterocycles. The van der Waals surface area contributed by atoms with Gasteiger partial charge >= 0.3 is 0 Å². The highest BCUT2D eigenvalue weighted by Crippen LogP contribution is 2.34. The van der Waals surface area contributed by atoms with Gasteiger partial charge in [0.15, 0.2) is 0 Å². The maximum absolute atomic E-state index is 13.2. The second-order valence-corrected chi connectivity index (χ2v) is 5.68. The molecule has 3 heteroatoms. The molecule has 1 nitrogen and oxygen atoms in total. The molecule has 1 unspecified atom stereocenters. The first kappa shape index (κ1) is 13.8. The summed E-state index contributed by atoms with van der Waals surface area (Å²) in [5.74, 6) is 0.668. The minimum Gasteiger partial charge on any atom is -0.314 e. The first-order chi connectivity index (χ1) is 8.69. The summed E-state index contributed by atoms with van der Waals surface area (Å²) >= 11 is 6.13. The number of hydrogen-bond donors (Lipinski definition) is 1. The number of halogens is 2. The van der Waals surface area contributed by atoms with E-state index >= 15 is 0 Å². The van der Waals surface area contributed by atoms with Crippen LogP contribution in [0.1, 0.15) is 38.2 Å². The van der Waals surface area contributed by atoms with Gasteiger partial charge < -0.3 is 5.32 Å². The minimum absolute atomic E-state index is 0.199. The Morgan fingerprint density at radius 3 is 2.89 bits per heavy atom. The van der Waals surface area contributed by atoms with Crippen molar-refractivity contribution in [2.75, 3.05) is 6.54 Å². The zero-order valence-corrected chi connectivity index (χ0v) is 11.6. The molecular weight excluding hydrogens is 249 g/mol. The van der Waals surface area contributed by atoms with Crippen LogP contribution in [0, 0.1) is 11.7 Å². The van der Waals surface area contributed by atoms with Crippen molar-refractivity contribution in [3.8, 4) is 0 Å². The fraction of sp³-hybridized carbons (Fsp3) is 0.600. The Morgan fingerprint density at radius 2 is 2.22 bits per heavy atom. The van der Waals surface area contributed by atoms with Gasteiger partial charge in [0, 0.05) is 11.1 Å². The monoisotopic (exact) mass is 269 g/mol. The Hall–Kier alpha value is -0.600. The molecule has 1 atom stereocenters. The number of rotatable bonds is 7. The molecule has 1 N–H and O–H groups in total. The average Bonchev–Trinajstić information content (AvgIpc) is 3.14. The van der Waals surface area contributed by atoms with Gasteiger partial charge in [0.2, 0.25) is 0 Å². The summed E-state index contributed by atoms with van der Waals surface area (Å²) in [7, 11) is 0. The third-order valence-electron chi connectivity index (χ3n) is 3.47. The van der Waals surface area contributed by atoms with Crippen LogP contribution in [0.5, 0.6) is 0 Å². The highest BCUT2D eigenvalue weighted by Gasteiger charge is 2.25. The highest BCUT2D eigenvalue weighted by molar-refractivity contribution is 6.31. The van der Waals surface area contributed by atoms with Crippen molar-refractivity contribution >= 4 is 11.6 Å². The van der Waals surface area contributed by atoms with Crippen molar-refractivity contribution in [2.45, 2.75) is 45.1 Å². The van der Waals surface area contributed by atoms with Gasteiger partial charge in [0.05, 0.1) is 0 Å². The van der Waals surface area contributed by atoms with E-state index in [0.717, 1.165) is 30.9 Å². The Bertz CT molecular complexity index is 390. The van der Waals surface area contributed by atoms with Crippen LogP contribution in [0.4, 0.5) is 4.39 Å². The van der Waals surface area contributed by atoms with E-state index in [1.54, 1.807) is 12.1 Å². The van der Waals surface area contributed by atoms with Crippen LogP contribution in [-0.2, 0) is 6.42 Å². The molecule has 0 saturated heterocycles. The van der Waals surface area contributed by atoms with Gasteiger partial charge in [-0.25, -0.2) is 4.39 Å². The van der Waals surface area contributed by atoms with Crippen molar-refractivity contribution < 1.29 is 4.39 Å². The van der Waals surface area contributed by atoms with Crippen LogP contribution in [0.3, 0.4) is 0 Å². The lowest BCUT2D eigenvalue weighted by Gasteiger charge is -2.19. The number of benzene rings is 1. The Balaban J connectivity index is 1.98. The van der Waals surface area contributed by atoms with E-state index in [1.165, 1.54) is 25.3 Å². The molecule has 1 aromatic carbocycles. The smallest absolute Gasteiger partial charge is 0.123 e. The van der Waals surface area contributed by atoms with Gasteiger partial charge in [-0.2, -0.15) is 0 Å². The molecule has 18 heavy (non-hydrogen) atoms. The van der Waals surface area contributed by atoms with Crippen molar-refractivity contribution in [1.82, 2.24) is 5.32 Å². The standard InChI is InChI=1S/C15H21ClFN/c1-2-7-18-14(8-11-3-4-11)10-12-9-13(17)5-6-15(12)16/h5-6,9,11,14,18H,2-4,7-8,10H2,1H3. The van der Waals surface area contributed by atoms with Crippen molar-refractivity contribution in [3.05, 3.63) is 34.6 Å². The first-order valence-electron chi connectivity index (χ1n) is 6.86. The molecule has 0 spiro atoms. The van der Waals surface area contributed by atoms with Crippen molar-refractivity contribution in [1.29, 1.82) is 0 Å². The molecule has 2 rings (SSSR count). The molecule has 1 aliphatic carbocycles. The number of hydrogen-bond acceptors (Lipinski definition) is 1. The van der Waals surface area contributed by atoms with E-state index in [0.29, 0.717) is 11.1 Å². The van der Waals surface area contributed by atoms with Gasteiger partial charge in [0.1, 0.15) is 5.82 Å². The molecule has 0 aliphatic heterocycles. The van der Waals surface area contributed by atoms with Gasteiger partial charge in [-0.1, -0.05) is 31.4 Å². The van der Waals surface area contributed by atoms with Crippen LogP contribution in [-0.4, -0.2) is 12.6 Å². The lowest BCUT2D eigenvalue weighted by molar-refractivity contribution is 0.454. The molecule has 0 bridgehead atoms. The van der Waals surface area contributed by atoms with E-state index in [4.69, 9.17) is 11.6 Å². The molecule has 1 fully saturated rings. The average molecular weight is 270 g/mol. The maximum Gasteiger partial charge on any atom is 0.123 e. The van der Waals surface area contributed by atoms with Gasteiger partial charge in [-0.15, -0.1) is 0 Å². The zero-order chi connectivity index (χ0) is 13.0.